The maximum absolute atomic E-state index is 5.56. The van der Waals surface area contributed by atoms with Crippen LogP contribution >= 0.6 is 0 Å². The Labute approximate surface area is 70.1 Å². The van der Waals surface area contributed by atoms with Gasteiger partial charge in [-0.05, 0) is 11.3 Å². The van der Waals surface area contributed by atoms with Crippen LogP contribution < -0.4 is 5.73 Å². The second-order valence-electron chi connectivity index (χ2n) is 4.16. The van der Waals surface area contributed by atoms with Gasteiger partial charge in [-0.3, -0.25) is 0 Å². The van der Waals surface area contributed by atoms with Crippen molar-refractivity contribution in [2.75, 3.05) is 13.7 Å². The summed E-state index contributed by atoms with van der Waals surface area (Å²) in [4.78, 5) is 0. The number of methoxy groups -OCH3 is 1. The van der Waals surface area contributed by atoms with Crippen LogP contribution in [0.15, 0.2) is 0 Å². The van der Waals surface area contributed by atoms with Crippen LogP contribution in [0.5, 0.6) is 0 Å². The molecule has 2 N–H and O–H groups in total. The van der Waals surface area contributed by atoms with Crippen molar-refractivity contribution in [3.8, 4) is 0 Å². The van der Waals surface area contributed by atoms with Crippen LogP contribution in [-0.2, 0) is 4.74 Å². The van der Waals surface area contributed by atoms with E-state index >= 15 is 0 Å². The molecular formula is C9H21NO. The van der Waals surface area contributed by atoms with E-state index in [0.717, 1.165) is 0 Å². The molecule has 11 heavy (non-hydrogen) atoms. The lowest BCUT2D eigenvalue weighted by Crippen LogP contribution is -2.36. The van der Waals surface area contributed by atoms with Gasteiger partial charge in [-0.1, -0.05) is 27.7 Å². The maximum atomic E-state index is 5.56. The van der Waals surface area contributed by atoms with Crippen molar-refractivity contribution >= 4 is 0 Å². The average molecular weight is 159 g/mol. The van der Waals surface area contributed by atoms with Crippen LogP contribution in [-0.4, -0.2) is 19.8 Å². The van der Waals surface area contributed by atoms with Crippen molar-refractivity contribution < 1.29 is 4.74 Å². The fourth-order valence-corrected chi connectivity index (χ4v) is 1.06. The van der Waals surface area contributed by atoms with Gasteiger partial charge in [-0.25, -0.2) is 0 Å². The van der Waals surface area contributed by atoms with Crippen molar-refractivity contribution in [1.82, 2.24) is 0 Å². The van der Waals surface area contributed by atoms with Gasteiger partial charge in [0.2, 0.25) is 0 Å². The molecule has 0 amide bonds. The Balaban J connectivity index is 4.09. The average Bonchev–Trinajstić information content (AvgIpc) is 1.88. The second kappa shape index (κ2) is 4.07. The van der Waals surface area contributed by atoms with Crippen molar-refractivity contribution in [2.24, 2.45) is 17.1 Å². The van der Waals surface area contributed by atoms with E-state index in [1.54, 1.807) is 7.11 Å². The molecule has 0 spiro atoms. The predicted octanol–water partition coefficient (Wildman–Crippen LogP) is 1.64. The Hall–Kier alpha value is -0.0800. The van der Waals surface area contributed by atoms with Gasteiger partial charge in [0.15, 0.2) is 0 Å². The van der Waals surface area contributed by atoms with Crippen molar-refractivity contribution in [2.45, 2.75) is 33.8 Å². The van der Waals surface area contributed by atoms with Gasteiger partial charge in [0.25, 0.3) is 0 Å². The molecular weight excluding hydrogens is 138 g/mol. The lowest BCUT2D eigenvalue weighted by molar-refractivity contribution is 0.0203. The summed E-state index contributed by atoms with van der Waals surface area (Å²) in [5.74, 6) is 0.498. The zero-order chi connectivity index (χ0) is 9.07. The Morgan fingerprint density at radius 3 is 1.91 bits per heavy atom. The lowest BCUT2D eigenvalue weighted by Gasteiger charge is -2.32. The van der Waals surface area contributed by atoms with Crippen LogP contribution in [0.4, 0.5) is 0 Å². The highest BCUT2D eigenvalue weighted by Gasteiger charge is 2.26. The molecule has 68 valence electrons. The van der Waals surface area contributed by atoms with E-state index in [1.807, 2.05) is 0 Å². The zero-order valence-corrected chi connectivity index (χ0v) is 8.35. The molecule has 0 aliphatic rings. The summed E-state index contributed by atoms with van der Waals surface area (Å²) < 4.78 is 5.26. The first-order chi connectivity index (χ1) is 4.93. The highest BCUT2D eigenvalue weighted by Crippen LogP contribution is 2.28. The molecule has 2 atom stereocenters. The van der Waals surface area contributed by atoms with Crippen LogP contribution in [0.1, 0.15) is 27.7 Å². The summed E-state index contributed by atoms with van der Waals surface area (Å²) >= 11 is 0. The third kappa shape index (κ3) is 3.21. The fraction of sp³-hybridized carbons (Fsp3) is 1.00. The lowest BCUT2D eigenvalue weighted by atomic mass is 9.78. The van der Waals surface area contributed by atoms with Gasteiger partial charge in [-0.2, -0.15) is 0 Å². The van der Waals surface area contributed by atoms with E-state index in [0.29, 0.717) is 12.5 Å². The molecule has 0 saturated carbocycles. The smallest absolute Gasteiger partial charge is 0.0723 e. The third-order valence-electron chi connectivity index (χ3n) is 2.46. The molecule has 0 bridgehead atoms. The summed E-state index contributed by atoms with van der Waals surface area (Å²) in [5.41, 5.74) is 5.83. The molecule has 2 nitrogen and oxygen atoms in total. The minimum absolute atomic E-state index is 0.190. The Bertz CT molecular complexity index is 103. The summed E-state index contributed by atoms with van der Waals surface area (Å²) in [6.45, 7) is 9.41. The number of rotatable bonds is 3. The minimum atomic E-state index is 0.190. The monoisotopic (exact) mass is 159 g/mol. The summed E-state index contributed by atoms with van der Waals surface area (Å²) in [6, 6.07) is 0. The van der Waals surface area contributed by atoms with E-state index in [9.17, 15) is 0 Å². The van der Waals surface area contributed by atoms with E-state index < -0.39 is 0 Å². The maximum Gasteiger partial charge on any atom is 0.0723 e. The molecule has 2 heteroatoms. The molecule has 0 radical (unpaired) electrons. The topological polar surface area (TPSA) is 35.2 Å². The van der Waals surface area contributed by atoms with Crippen LogP contribution in [0, 0.1) is 11.3 Å². The quantitative estimate of drug-likeness (QED) is 0.679. The highest BCUT2D eigenvalue weighted by atomic mass is 16.5. The molecule has 0 aliphatic carbocycles. The third-order valence-corrected chi connectivity index (χ3v) is 2.46. The second-order valence-corrected chi connectivity index (χ2v) is 4.16. The molecule has 0 aromatic carbocycles. The Morgan fingerprint density at radius 1 is 1.36 bits per heavy atom. The van der Waals surface area contributed by atoms with E-state index in [2.05, 4.69) is 27.7 Å². The van der Waals surface area contributed by atoms with Crippen molar-refractivity contribution in [3.63, 3.8) is 0 Å². The summed E-state index contributed by atoms with van der Waals surface area (Å²) in [6.07, 6.45) is 0.190. The first kappa shape index (κ1) is 10.9. The van der Waals surface area contributed by atoms with Gasteiger partial charge >= 0.3 is 0 Å². The Morgan fingerprint density at radius 2 is 1.82 bits per heavy atom. The molecule has 0 fully saturated rings. The predicted molar refractivity (Wildman–Crippen MR) is 48.5 cm³/mol. The van der Waals surface area contributed by atoms with E-state index in [1.165, 1.54) is 0 Å². The van der Waals surface area contributed by atoms with Crippen LogP contribution in [0.2, 0.25) is 0 Å². The Kier molecular flexibility index (Phi) is 4.04. The van der Waals surface area contributed by atoms with Crippen molar-refractivity contribution in [1.29, 1.82) is 0 Å². The molecule has 0 rings (SSSR count). The molecule has 0 aliphatic heterocycles. The zero-order valence-electron chi connectivity index (χ0n) is 8.35. The largest absolute Gasteiger partial charge is 0.380 e. The van der Waals surface area contributed by atoms with Gasteiger partial charge in [-0.15, -0.1) is 0 Å². The van der Waals surface area contributed by atoms with Crippen LogP contribution in [0.3, 0.4) is 0 Å². The van der Waals surface area contributed by atoms with Gasteiger partial charge in [0.05, 0.1) is 6.10 Å². The highest BCUT2D eigenvalue weighted by molar-refractivity contribution is 4.77. The van der Waals surface area contributed by atoms with Gasteiger partial charge in [0, 0.05) is 13.7 Å². The molecule has 0 saturated heterocycles. The molecule has 2 unspecified atom stereocenters. The van der Waals surface area contributed by atoms with Crippen LogP contribution in [0.25, 0.3) is 0 Å². The first-order valence-electron chi connectivity index (χ1n) is 4.16. The van der Waals surface area contributed by atoms with E-state index in [-0.39, 0.29) is 11.5 Å². The summed E-state index contributed by atoms with van der Waals surface area (Å²) in [5, 5.41) is 0. The van der Waals surface area contributed by atoms with E-state index in [4.69, 9.17) is 10.5 Å². The number of ether oxygens (including phenoxy) is 1. The first-order valence-corrected chi connectivity index (χ1v) is 4.16. The van der Waals surface area contributed by atoms with Gasteiger partial charge in [0.1, 0.15) is 0 Å². The summed E-state index contributed by atoms with van der Waals surface area (Å²) in [7, 11) is 1.72. The number of hydrogen-bond donors (Lipinski definition) is 1. The standard InChI is InChI=1S/C9H21NO/c1-7(9(2,3)4)8(6-10)11-5/h7-8H,6,10H2,1-5H3. The molecule has 0 aromatic heterocycles. The normalized spacial score (nSPS) is 18.0. The van der Waals surface area contributed by atoms with Crippen molar-refractivity contribution in [3.05, 3.63) is 0 Å². The number of hydrogen-bond acceptors (Lipinski definition) is 2. The number of nitrogens with two attached hydrogens (primary N) is 1. The molecule has 0 heterocycles. The minimum Gasteiger partial charge on any atom is -0.380 e. The molecule has 0 aromatic rings. The SMILES string of the molecule is COC(CN)C(C)C(C)(C)C. The fourth-order valence-electron chi connectivity index (χ4n) is 1.06. The van der Waals surface area contributed by atoms with Gasteiger partial charge < -0.3 is 10.5 Å².